The molecule has 1 aliphatic rings. The first-order valence-corrected chi connectivity index (χ1v) is 11.1. The van der Waals surface area contributed by atoms with Crippen LogP contribution in [0.25, 0.3) is 0 Å². The molecule has 0 saturated heterocycles. The zero-order chi connectivity index (χ0) is 21.9. The summed E-state index contributed by atoms with van der Waals surface area (Å²) in [6, 6.07) is 13.8. The Bertz CT molecular complexity index is 791. The van der Waals surface area contributed by atoms with Crippen LogP contribution in [0.3, 0.4) is 0 Å². The summed E-state index contributed by atoms with van der Waals surface area (Å²) in [5.41, 5.74) is 2.18. The van der Waals surface area contributed by atoms with Crippen LogP contribution in [-0.2, 0) is 17.8 Å². The van der Waals surface area contributed by atoms with Gasteiger partial charge in [-0.1, -0.05) is 37.1 Å². The van der Waals surface area contributed by atoms with Crippen LogP contribution in [-0.4, -0.2) is 51.2 Å². The summed E-state index contributed by atoms with van der Waals surface area (Å²) in [5, 5.41) is 13.6. The predicted molar refractivity (Wildman–Crippen MR) is 121 cm³/mol. The molecular weight excluding hydrogens is 394 g/mol. The van der Waals surface area contributed by atoms with Gasteiger partial charge in [-0.15, -0.1) is 0 Å². The first-order valence-electron chi connectivity index (χ1n) is 11.1. The molecule has 170 valence electrons. The first-order chi connectivity index (χ1) is 15.2. The fourth-order valence-corrected chi connectivity index (χ4v) is 3.81. The SMILES string of the molecule is COc1ccc(CCNCC(O)COc2ccccc2COC2CCCC2)cc1OC. The largest absolute Gasteiger partial charge is 0.493 e. The van der Waals surface area contributed by atoms with Crippen molar-refractivity contribution in [3.05, 3.63) is 53.6 Å². The quantitative estimate of drug-likeness (QED) is 0.473. The number of para-hydroxylation sites is 1. The van der Waals surface area contributed by atoms with Crippen molar-refractivity contribution in [1.82, 2.24) is 5.32 Å². The van der Waals surface area contributed by atoms with Gasteiger partial charge < -0.3 is 29.4 Å². The number of aliphatic hydroxyl groups excluding tert-OH is 1. The van der Waals surface area contributed by atoms with Crippen LogP contribution in [0.4, 0.5) is 0 Å². The van der Waals surface area contributed by atoms with Crippen molar-refractivity contribution in [2.24, 2.45) is 0 Å². The Labute approximate surface area is 185 Å². The molecule has 6 nitrogen and oxygen atoms in total. The van der Waals surface area contributed by atoms with Crippen LogP contribution in [0.2, 0.25) is 0 Å². The highest BCUT2D eigenvalue weighted by atomic mass is 16.5. The molecular formula is C25H35NO5. The van der Waals surface area contributed by atoms with E-state index in [9.17, 15) is 5.11 Å². The van der Waals surface area contributed by atoms with E-state index in [2.05, 4.69) is 5.32 Å². The van der Waals surface area contributed by atoms with Crippen LogP contribution in [0.1, 0.15) is 36.8 Å². The Balaban J connectivity index is 1.37. The summed E-state index contributed by atoms with van der Waals surface area (Å²) in [7, 11) is 3.26. The first kappa shape index (κ1) is 23.4. The fraction of sp³-hybridized carbons (Fsp3) is 0.520. The average Bonchev–Trinajstić information content (AvgIpc) is 3.33. The number of benzene rings is 2. The molecule has 3 rings (SSSR count). The summed E-state index contributed by atoms with van der Waals surface area (Å²) in [5.74, 6) is 2.23. The van der Waals surface area contributed by atoms with Crippen LogP contribution >= 0.6 is 0 Å². The summed E-state index contributed by atoms with van der Waals surface area (Å²) in [6.07, 6.45) is 5.42. The van der Waals surface area contributed by atoms with Gasteiger partial charge in [0.2, 0.25) is 0 Å². The summed E-state index contributed by atoms with van der Waals surface area (Å²) >= 11 is 0. The van der Waals surface area contributed by atoms with Crippen LogP contribution < -0.4 is 19.5 Å². The second-order valence-electron chi connectivity index (χ2n) is 7.93. The summed E-state index contributed by atoms with van der Waals surface area (Å²) in [6.45, 7) is 2.01. The Hall–Kier alpha value is -2.28. The molecule has 6 heteroatoms. The molecule has 0 amide bonds. The third-order valence-electron chi connectivity index (χ3n) is 5.60. The van der Waals surface area contributed by atoms with E-state index >= 15 is 0 Å². The van der Waals surface area contributed by atoms with Crippen molar-refractivity contribution in [3.63, 3.8) is 0 Å². The Morgan fingerprint density at radius 2 is 1.77 bits per heavy atom. The second-order valence-corrected chi connectivity index (χ2v) is 7.93. The minimum absolute atomic E-state index is 0.240. The maximum Gasteiger partial charge on any atom is 0.160 e. The lowest BCUT2D eigenvalue weighted by atomic mass is 10.1. The van der Waals surface area contributed by atoms with Crippen molar-refractivity contribution in [1.29, 1.82) is 0 Å². The van der Waals surface area contributed by atoms with E-state index in [0.717, 1.165) is 54.2 Å². The Kier molecular flexibility index (Phi) is 9.46. The van der Waals surface area contributed by atoms with Gasteiger partial charge in [-0.05, 0) is 49.6 Å². The molecule has 0 aliphatic heterocycles. The summed E-state index contributed by atoms with van der Waals surface area (Å²) < 4.78 is 22.5. The van der Waals surface area contributed by atoms with Gasteiger partial charge in [0, 0.05) is 12.1 Å². The molecule has 0 radical (unpaired) electrons. The third kappa shape index (κ3) is 7.42. The Morgan fingerprint density at radius 3 is 2.55 bits per heavy atom. The van der Waals surface area contributed by atoms with Crippen LogP contribution in [0, 0.1) is 0 Å². The van der Waals surface area contributed by atoms with Crippen LogP contribution in [0.15, 0.2) is 42.5 Å². The molecule has 31 heavy (non-hydrogen) atoms. The highest BCUT2D eigenvalue weighted by molar-refractivity contribution is 5.43. The van der Waals surface area contributed by atoms with Crippen molar-refractivity contribution in [3.8, 4) is 17.2 Å². The molecule has 0 heterocycles. The van der Waals surface area contributed by atoms with Gasteiger partial charge in [0.05, 0.1) is 26.9 Å². The normalized spacial score (nSPS) is 15.1. The van der Waals surface area contributed by atoms with Crippen molar-refractivity contribution >= 4 is 0 Å². The highest BCUT2D eigenvalue weighted by Gasteiger charge is 2.16. The lowest BCUT2D eigenvalue weighted by molar-refractivity contribution is 0.0430. The molecule has 1 unspecified atom stereocenters. The van der Waals surface area contributed by atoms with E-state index in [1.165, 1.54) is 12.8 Å². The highest BCUT2D eigenvalue weighted by Crippen LogP contribution is 2.27. The van der Waals surface area contributed by atoms with Gasteiger partial charge in [0.15, 0.2) is 11.5 Å². The maximum atomic E-state index is 10.3. The lowest BCUT2D eigenvalue weighted by Gasteiger charge is -2.17. The van der Waals surface area contributed by atoms with Gasteiger partial charge in [-0.2, -0.15) is 0 Å². The van der Waals surface area contributed by atoms with E-state index in [-0.39, 0.29) is 6.61 Å². The molecule has 2 aromatic carbocycles. The minimum atomic E-state index is -0.589. The maximum absolute atomic E-state index is 10.3. The number of hydrogen-bond donors (Lipinski definition) is 2. The fourth-order valence-electron chi connectivity index (χ4n) is 3.81. The van der Waals surface area contributed by atoms with Crippen molar-refractivity contribution in [2.45, 2.75) is 50.9 Å². The molecule has 1 saturated carbocycles. The number of nitrogens with one attached hydrogen (secondary N) is 1. The van der Waals surface area contributed by atoms with Crippen molar-refractivity contribution in [2.75, 3.05) is 33.9 Å². The zero-order valence-electron chi connectivity index (χ0n) is 18.6. The molecule has 2 N–H and O–H groups in total. The average molecular weight is 430 g/mol. The molecule has 2 aromatic rings. The van der Waals surface area contributed by atoms with Gasteiger partial charge in [0.1, 0.15) is 18.5 Å². The number of methoxy groups -OCH3 is 2. The minimum Gasteiger partial charge on any atom is -0.493 e. The van der Waals surface area contributed by atoms with E-state index in [0.29, 0.717) is 19.3 Å². The number of aliphatic hydroxyl groups is 1. The topological polar surface area (TPSA) is 69.2 Å². The predicted octanol–water partition coefficient (Wildman–Crippen LogP) is 3.74. The van der Waals surface area contributed by atoms with Gasteiger partial charge in [-0.3, -0.25) is 0 Å². The third-order valence-corrected chi connectivity index (χ3v) is 5.60. The van der Waals surface area contributed by atoms with E-state index in [1.807, 2.05) is 42.5 Å². The molecule has 0 spiro atoms. The van der Waals surface area contributed by atoms with Gasteiger partial charge >= 0.3 is 0 Å². The molecule has 1 aliphatic carbocycles. The van der Waals surface area contributed by atoms with Gasteiger partial charge in [0.25, 0.3) is 0 Å². The molecule has 0 bridgehead atoms. The van der Waals surface area contributed by atoms with Gasteiger partial charge in [-0.25, -0.2) is 0 Å². The van der Waals surface area contributed by atoms with E-state index in [4.69, 9.17) is 18.9 Å². The molecule has 1 fully saturated rings. The van der Waals surface area contributed by atoms with E-state index in [1.54, 1.807) is 14.2 Å². The number of hydrogen-bond acceptors (Lipinski definition) is 6. The second kappa shape index (κ2) is 12.5. The van der Waals surface area contributed by atoms with E-state index < -0.39 is 6.10 Å². The van der Waals surface area contributed by atoms with Crippen LogP contribution in [0.5, 0.6) is 17.2 Å². The molecule has 0 aromatic heterocycles. The summed E-state index contributed by atoms with van der Waals surface area (Å²) in [4.78, 5) is 0. The number of ether oxygens (including phenoxy) is 4. The smallest absolute Gasteiger partial charge is 0.160 e. The number of rotatable bonds is 13. The lowest BCUT2D eigenvalue weighted by Crippen LogP contribution is -2.32. The monoisotopic (exact) mass is 429 g/mol. The van der Waals surface area contributed by atoms with Crippen molar-refractivity contribution < 1.29 is 24.1 Å². The molecule has 1 atom stereocenters. The standard InChI is InChI=1S/C25H35NO5/c1-28-24-12-11-19(15-25(24)29-2)13-14-26-16-21(27)18-31-23-10-6-3-7-20(23)17-30-22-8-4-5-9-22/h3,6-7,10-12,15,21-22,26-27H,4-5,8-9,13-14,16-18H2,1-2H3. The zero-order valence-corrected chi connectivity index (χ0v) is 18.6. The Morgan fingerprint density at radius 1 is 1.00 bits per heavy atom.